The molecule has 2 aromatic rings. The maximum atomic E-state index is 13.4. The highest BCUT2D eigenvalue weighted by molar-refractivity contribution is 7.92. The van der Waals surface area contributed by atoms with Crippen molar-refractivity contribution in [2.24, 2.45) is 0 Å². The lowest BCUT2D eigenvalue weighted by Crippen LogP contribution is -2.57. The number of sulfone groups is 1. The maximum absolute atomic E-state index is 13.4. The van der Waals surface area contributed by atoms with Gasteiger partial charge in [0.1, 0.15) is 5.75 Å². The van der Waals surface area contributed by atoms with E-state index in [0.717, 1.165) is 12.8 Å². The number of hydrogen-bond donors (Lipinski definition) is 0. The van der Waals surface area contributed by atoms with Crippen LogP contribution >= 0.6 is 11.6 Å². The molecule has 0 radical (unpaired) electrons. The van der Waals surface area contributed by atoms with E-state index in [4.69, 9.17) is 16.3 Å². The number of fused-ring (bicyclic) bond motifs is 2. The molecule has 0 N–H and O–H groups in total. The van der Waals surface area contributed by atoms with Crippen LogP contribution < -0.4 is 4.74 Å². The average molecular weight is 448 g/mol. The molecule has 2 fully saturated rings. The smallest absolute Gasteiger partial charge is 0.266 e. The molecule has 2 atom stereocenters. The van der Waals surface area contributed by atoms with Gasteiger partial charge in [0.15, 0.2) is 15.4 Å². The summed E-state index contributed by atoms with van der Waals surface area (Å²) in [5.74, 6) is 0.479. The molecule has 0 saturated carbocycles. The van der Waals surface area contributed by atoms with Gasteiger partial charge in [0, 0.05) is 17.1 Å². The number of amides is 1. The lowest BCUT2D eigenvalue weighted by molar-refractivity contribution is -0.150. The van der Waals surface area contributed by atoms with Crippen molar-refractivity contribution in [3.63, 3.8) is 0 Å². The average Bonchev–Trinajstić information content (AvgIpc) is 2.98. The van der Waals surface area contributed by atoms with Crippen molar-refractivity contribution in [3.05, 3.63) is 59.6 Å². The molecule has 4 rings (SSSR count). The third kappa shape index (κ3) is 3.95. The minimum atomic E-state index is -3.41. The van der Waals surface area contributed by atoms with Gasteiger partial charge in [-0.25, -0.2) is 8.42 Å². The Labute approximate surface area is 182 Å². The first-order chi connectivity index (χ1) is 14.2. The predicted molar refractivity (Wildman–Crippen MR) is 116 cm³/mol. The van der Waals surface area contributed by atoms with Crippen LogP contribution in [0.1, 0.15) is 39.5 Å². The number of carbonyl (C=O) groups excluding carboxylic acids is 1. The summed E-state index contributed by atoms with van der Waals surface area (Å²) in [4.78, 5) is 15.6. The molecule has 2 aliphatic rings. The molecule has 30 heavy (non-hydrogen) atoms. The largest absolute Gasteiger partial charge is 0.478 e. The number of hydrogen-bond acceptors (Lipinski definition) is 4. The Morgan fingerprint density at radius 3 is 2.13 bits per heavy atom. The van der Waals surface area contributed by atoms with Crippen LogP contribution in [0.5, 0.6) is 5.75 Å². The van der Waals surface area contributed by atoms with Gasteiger partial charge in [-0.05, 0) is 75.9 Å². The van der Waals surface area contributed by atoms with E-state index in [1.54, 1.807) is 62.4 Å². The van der Waals surface area contributed by atoms with E-state index < -0.39 is 20.7 Å². The molecule has 2 heterocycles. The zero-order chi connectivity index (χ0) is 21.5. The van der Waals surface area contributed by atoms with E-state index in [9.17, 15) is 13.2 Å². The first kappa shape index (κ1) is 21.2. The summed E-state index contributed by atoms with van der Waals surface area (Å²) in [6.45, 7) is 3.52. The number of rotatable bonds is 5. The number of carbonyl (C=O) groups is 1. The third-order valence-electron chi connectivity index (χ3n) is 6.14. The van der Waals surface area contributed by atoms with Crippen LogP contribution in [-0.4, -0.2) is 42.2 Å². The monoisotopic (exact) mass is 447 g/mol. The van der Waals surface area contributed by atoms with Gasteiger partial charge in [0.25, 0.3) is 5.91 Å². The Hall–Kier alpha value is -2.05. The first-order valence-electron chi connectivity index (χ1n) is 10.2. The minimum Gasteiger partial charge on any atom is -0.478 e. The maximum Gasteiger partial charge on any atom is 0.266 e. The fraction of sp³-hybridized carbons (Fsp3) is 0.435. The number of nitrogens with zero attached hydrogens (tertiary/aromatic N) is 1. The molecule has 0 spiro atoms. The molecule has 0 aromatic heterocycles. The van der Waals surface area contributed by atoms with Crippen LogP contribution in [0.25, 0.3) is 0 Å². The van der Waals surface area contributed by atoms with Crippen LogP contribution in [0.15, 0.2) is 59.5 Å². The molecule has 0 aliphatic carbocycles. The van der Waals surface area contributed by atoms with Crippen molar-refractivity contribution in [2.75, 3.05) is 0 Å². The zero-order valence-electron chi connectivity index (χ0n) is 17.1. The fourth-order valence-corrected chi connectivity index (χ4v) is 6.66. The van der Waals surface area contributed by atoms with E-state index in [1.807, 2.05) is 11.0 Å². The molecule has 2 aliphatic heterocycles. The van der Waals surface area contributed by atoms with Gasteiger partial charge in [-0.2, -0.15) is 0 Å². The lowest BCUT2D eigenvalue weighted by Gasteiger charge is -2.42. The van der Waals surface area contributed by atoms with Gasteiger partial charge < -0.3 is 9.64 Å². The fourth-order valence-electron chi connectivity index (χ4n) is 4.67. The van der Waals surface area contributed by atoms with Gasteiger partial charge in [-0.1, -0.05) is 29.8 Å². The zero-order valence-corrected chi connectivity index (χ0v) is 18.7. The first-order valence-corrected chi connectivity index (χ1v) is 12.2. The van der Waals surface area contributed by atoms with Crippen LogP contribution in [-0.2, 0) is 14.6 Å². The normalized spacial score (nSPS) is 24.0. The van der Waals surface area contributed by atoms with Crippen molar-refractivity contribution < 1.29 is 17.9 Å². The summed E-state index contributed by atoms with van der Waals surface area (Å²) < 4.78 is 32.2. The SMILES string of the molecule is CC(C)(Oc1ccc(Cl)cc1)C(=O)N1C2CCC1CC(S(=O)(=O)c1ccccc1)C2. The molecule has 7 heteroatoms. The van der Waals surface area contributed by atoms with E-state index in [-0.39, 0.29) is 18.0 Å². The molecular weight excluding hydrogens is 422 g/mol. The number of benzene rings is 2. The second kappa shape index (κ2) is 7.89. The Morgan fingerprint density at radius 1 is 1.00 bits per heavy atom. The van der Waals surface area contributed by atoms with Crippen LogP contribution in [0, 0.1) is 0 Å². The minimum absolute atomic E-state index is 0.0761. The topological polar surface area (TPSA) is 63.7 Å². The predicted octanol–water partition coefficient (Wildman–Crippen LogP) is 4.49. The van der Waals surface area contributed by atoms with Crippen molar-refractivity contribution >= 4 is 27.3 Å². The summed E-state index contributed by atoms with van der Waals surface area (Å²) in [6, 6.07) is 15.4. The van der Waals surface area contributed by atoms with Gasteiger partial charge in [-0.15, -0.1) is 0 Å². The standard InChI is InChI=1S/C23H26ClNO4S/c1-23(2,29-19-12-8-16(24)9-13-19)22(26)25-17-10-11-18(25)15-21(14-17)30(27,28)20-6-4-3-5-7-20/h3-9,12-13,17-18,21H,10-11,14-15H2,1-2H3. The van der Waals surface area contributed by atoms with Crippen molar-refractivity contribution in [2.45, 2.75) is 67.4 Å². The van der Waals surface area contributed by atoms with Gasteiger partial charge in [-0.3, -0.25) is 4.79 Å². The van der Waals surface area contributed by atoms with Crippen molar-refractivity contribution in [3.8, 4) is 5.75 Å². The summed E-state index contributed by atoms with van der Waals surface area (Å²) in [5, 5.41) is 0.146. The van der Waals surface area contributed by atoms with E-state index in [1.165, 1.54) is 0 Å². The Balaban J connectivity index is 1.51. The van der Waals surface area contributed by atoms with E-state index in [0.29, 0.717) is 28.5 Å². The van der Waals surface area contributed by atoms with Gasteiger partial charge >= 0.3 is 0 Å². The second-order valence-corrected chi connectivity index (χ2v) is 11.3. The Morgan fingerprint density at radius 2 is 1.57 bits per heavy atom. The summed E-state index contributed by atoms with van der Waals surface area (Å²) in [6.07, 6.45) is 2.59. The molecule has 2 bridgehead atoms. The lowest BCUT2D eigenvalue weighted by atomic mass is 9.98. The highest BCUT2D eigenvalue weighted by atomic mass is 35.5. The van der Waals surface area contributed by atoms with Gasteiger partial charge in [0.05, 0.1) is 10.1 Å². The molecule has 2 saturated heterocycles. The molecule has 2 unspecified atom stereocenters. The van der Waals surface area contributed by atoms with Crippen LogP contribution in [0.2, 0.25) is 5.02 Å². The molecule has 2 aromatic carbocycles. The van der Waals surface area contributed by atoms with Crippen molar-refractivity contribution in [1.29, 1.82) is 0 Å². The summed E-state index contributed by atoms with van der Waals surface area (Å²) >= 11 is 5.93. The van der Waals surface area contributed by atoms with Crippen molar-refractivity contribution in [1.82, 2.24) is 4.90 Å². The number of piperidine rings is 1. The van der Waals surface area contributed by atoms with Gasteiger partial charge in [0.2, 0.25) is 0 Å². The molecule has 160 valence electrons. The quantitative estimate of drug-likeness (QED) is 0.677. The summed E-state index contributed by atoms with van der Waals surface area (Å²) in [7, 11) is -3.41. The summed E-state index contributed by atoms with van der Waals surface area (Å²) in [5.41, 5.74) is -1.06. The Kier molecular flexibility index (Phi) is 5.58. The van der Waals surface area contributed by atoms with E-state index >= 15 is 0 Å². The van der Waals surface area contributed by atoms with Crippen LogP contribution in [0.4, 0.5) is 0 Å². The highest BCUT2D eigenvalue weighted by Crippen LogP contribution is 2.41. The Bertz CT molecular complexity index is 1010. The molecule has 5 nitrogen and oxygen atoms in total. The number of halogens is 1. The second-order valence-electron chi connectivity index (χ2n) is 8.62. The van der Waals surface area contributed by atoms with E-state index in [2.05, 4.69) is 0 Å². The highest BCUT2D eigenvalue weighted by Gasteiger charge is 2.50. The molecule has 1 amide bonds. The number of ether oxygens (including phenoxy) is 1. The van der Waals surface area contributed by atoms with Crippen LogP contribution in [0.3, 0.4) is 0 Å². The molecular formula is C23H26ClNO4S. The third-order valence-corrected chi connectivity index (χ3v) is 8.58.